The van der Waals surface area contributed by atoms with Crippen LogP contribution in [0.2, 0.25) is 0 Å². The van der Waals surface area contributed by atoms with Gasteiger partial charge in [0.1, 0.15) is 41.8 Å². The summed E-state index contributed by atoms with van der Waals surface area (Å²) in [5.41, 5.74) is 0.521. The zero-order valence-corrected chi connectivity index (χ0v) is 26.7. The van der Waals surface area contributed by atoms with Gasteiger partial charge in [-0.1, -0.05) is 0 Å². The van der Waals surface area contributed by atoms with Crippen molar-refractivity contribution in [2.24, 2.45) is 0 Å². The molecule has 4 aromatic rings. The van der Waals surface area contributed by atoms with Crippen molar-refractivity contribution in [3.05, 3.63) is 66.7 Å². The average Bonchev–Trinajstić information content (AvgIpc) is 3.37. The van der Waals surface area contributed by atoms with Gasteiger partial charge < -0.3 is 37.9 Å². The van der Waals surface area contributed by atoms with Crippen LogP contribution in [-0.2, 0) is 23.7 Å². The van der Waals surface area contributed by atoms with E-state index < -0.39 is 5.60 Å². The minimum Gasteiger partial charge on any atom is -0.497 e. The largest absolute Gasteiger partial charge is 0.497 e. The van der Waals surface area contributed by atoms with E-state index in [0.717, 1.165) is 43.5 Å². The molecule has 0 aliphatic carbocycles. The van der Waals surface area contributed by atoms with Gasteiger partial charge in [0, 0.05) is 10.1 Å². The molecule has 10 heteroatoms. The minimum atomic E-state index is -0.519. The van der Waals surface area contributed by atoms with Crippen LogP contribution in [0.4, 0.5) is 0 Å². The van der Waals surface area contributed by atoms with E-state index in [0.29, 0.717) is 45.4 Å². The van der Waals surface area contributed by atoms with Gasteiger partial charge >= 0.3 is 5.97 Å². The lowest BCUT2D eigenvalue weighted by atomic mass is 10.1. The second kappa shape index (κ2) is 16.3. The molecule has 0 bridgehead atoms. The molecule has 236 valence electrons. The highest BCUT2D eigenvalue weighted by Gasteiger charge is 2.18. The lowest BCUT2D eigenvalue weighted by Gasteiger charge is -2.19. The summed E-state index contributed by atoms with van der Waals surface area (Å²) in [5.74, 6) is 3.41. The number of carbonyl (C=O) groups is 1. The Hall–Kier alpha value is -3.83. The smallest absolute Gasteiger partial charge is 0.332 e. The van der Waals surface area contributed by atoms with Gasteiger partial charge in [-0.2, -0.15) is 0 Å². The van der Waals surface area contributed by atoms with Crippen LogP contribution in [-0.4, -0.2) is 72.0 Å². The second-order valence-corrected chi connectivity index (χ2v) is 11.7. The standard InChI is InChI=1S/C34H40O9S/c1-34(2,3)43-31(35)23-40-19-18-38-16-17-39-20-21-41-26-10-12-27(13-11-26)42-32-29-15-14-28(37-5)22-30(29)44-33(32)24-6-8-25(36-4)9-7-24/h6-15,22H,16-21,23H2,1-5H3. The van der Waals surface area contributed by atoms with E-state index in [1.54, 1.807) is 25.6 Å². The maximum Gasteiger partial charge on any atom is 0.332 e. The molecule has 4 rings (SSSR count). The highest BCUT2D eigenvalue weighted by atomic mass is 32.1. The Morgan fingerprint density at radius 2 is 1.25 bits per heavy atom. The molecule has 0 unspecified atom stereocenters. The lowest BCUT2D eigenvalue weighted by Crippen LogP contribution is -2.27. The van der Waals surface area contributed by atoms with Gasteiger partial charge in [-0.15, -0.1) is 11.3 Å². The first-order chi connectivity index (χ1) is 21.3. The van der Waals surface area contributed by atoms with Gasteiger partial charge in [0.25, 0.3) is 0 Å². The molecule has 0 atom stereocenters. The van der Waals surface area contributed by atoms with Gasteiger partial charge in [-0.3, -0.25) is 0 Å². The van der Waals surface area contributed by atoms with Crippen LogP contribution in [0, 0.1) is 0 Å². The van der Waals surface area contributed by atoms with Gasteiger partial charge in [0.15, 0.2) is 5.75 Å². The summed E-state index contributed by atoms with van der Waals surface area (Å²) in [7, 11) is 3.32. The summed E-state index contributed by atoms with van der Waals surface area (Å²) < 4.78 is 45.6. The molecule has 0 radical (unpaired) electrons. The fourth-order valence-electron chi connectivity index (χ4n) is 4.12. The average molecular weight is 625 g/mol. The number of carbonyl (C=O) groups excluding carboxylic acids is 1. The van der Waals surface area contributed by atoms with E-state index in [1.807, 2.05) is 87.5 Å². The summed E-state index contributed by atoms with van der Waals surface area (Å²) in [6.45, 7) is 7.71. The first kappa shape index (κ1) is 33.1. The molecule has 9 nitrogen and oxygen atoms in total. The van der Waals surface area contributed by atoms with E-state index in [1.165, 1.54) is 0 Å². The van der Waals surface area contributed by atoms with Gasteiger partial charge in [0.2, 0.25) is 0 Å². The molecule has 3 aromatic carbocycles. The van der Waals surface area contributed by atoms with E-state index >= 15 is 0 Å². The van der Waals surface area contributed by atoms with Gasteiger partial charge in [-0.25, -0.2) is 4.79 Å². The van der Waals surface area contributed by atoms with E-state index in [4.69, 9.17) is 37.9 Å². The maximum atomic E-state index is 11.6. The molecule has 1 aromatic heterocycles. The molecular weight excluding hydrogens is 584 g/mol. The molecule has 0 aliphatic heterocycles. The number of fused-ring (bicyclic) bond motifs is 1. The number of benzene rings is 3. The molecule has 0 N–H and O–H groups in total. The zero-order valence-electron chi connectivity index (χ0n) is 25.9. The molecular formula is C34H40O9S. The van der Waals surface area contributed by atoms with Crippen molar-refractivity contribution in [1.82, 2.24) is 0 Å². The number of hydrogen-bond donors (Lipinski definition) is 0. The number of esters is 1. The molecule has 0 amide bonds. The van der Waals surface area contributed by atoms with Crippen molar-refractivity contribution in [2.75, 3.05) is 60.5 Å². The van der Waals surface area contributed by atoms with Crippen molar-refractivity contribution in [3.63, 3.8) is 0 Å². The Morgan fingerprint density at radius 3 is 1.89 bits per heavy atom. The number of ether oxygens (including phenoxy) is 8. The minimum absolute atomic E-state index is 0.0904. The predicted octanol–water partition coefficient (Wildman–Crippen LogP) is 7.15. The maximum absolute atomic E-state index is 11.6. The van der Waals surface area contributed by atoms with Gasteiger partial charge in [0.05, 0.1) is 52.1 Å². The van der Waals surface area contributed by atoms with Gasteiger partial charge in [-0.05, 0) is 93.1 Å². The Balaban J connectivity index is 1.20. The monoisotopic (exact) mass is 624 g/mol. The van der Waals surface area contributed by atoms with Crippen LogP contribution >= 0.6 is 11.3 Å². The zero-order chi connectivity index (χ0) is 31.4. The molecule has 0 aliphatic rings. The first-order valence-electron chi connectivity index (χ1n) is 14.4. The third-order valence-corrected chi connectivity index (χ3v) is 7.31. The lowest BCUT2D eigenvalue weighted by molar-refractivity contribution is -0.160. The number of methoxy groups -OCH3 is 2. The second-order valence-electron chi connectivity index (χ2n) is 10.6. The van der Waals surface area contributed by atoms with Crippen LogP contribution < -0.4 is 18.9 Å². The number of hydrogen-bond acceptors (Lipinski definition) is 10. The predicted molar refractivity (Wildman–Crippen MR) is 171 cm³/mol. The molecule has 44 heavy (non-hydrogen) atoms. The normalized spacial score (nSPS) is 11.4. The van der Waals surface area contributed by atoms with Crippen molar-refractivity contribution in [1.29, 1.82) is 0 Å². The summed E-state index contributed by atoms with van der Waals surface area (Å²) in [4.78, 5) is 12.6. The van der Waals surface area contributed by atoms with Crippen LogP contribution in [0.15, 0.2) is 66.7 Å². The van der Waals surface area contributed by atoms with Crippen molar-refractivity contribution < 1.29 is 42.7 Å². The van der Waals surface area contributed by atoms with Crippen molar-refractivity contribution in [3.8, 4) is 39.2 Å². The Labute approximate surface area is 262 Å². The molecule has 0 fully saturated rings. The Bertz CT molecular complexity index is 1460. The third kappa shape index (κ3) is 10.1. The molecule has 0 saturated carbocycles. The highest BCUT2D eigenvalue weighted by Crippen LogP contribution is 2.47. The van der Waals surface area contributed by atoms with Crippen LogP contribution in [0.3, 0.4) is 0 Å². The SMILES string of the molecule is COc1ccc(-c2sc3cc(OC)ccc3c2Oc2ccc(OCCOCCOCCOCC(=O)OC(C)(C)C)cc2)cc1. The quantitative estimate of drug-likeness (QED) is 0.0897. The summed E-state index contributed by atoms with van der Waals surface area (Å²) in [6.07, 6.45) is 0. The Morgan fingerprint density at radius 1 is 0.682 bits per heavy atom. The summed E-state index contributed by atoms with van der Waals surface area (Å²) in [6, 6.07) is 21.5. The fraction of sp³-hybridized carbons (Fsp3) is 0.382. The van der Waals surface area contributed by atoms with Crippen LogP contribution in [0.5, 0.6) is 28.7 Å². The van der Waals surface area contributed by atoms with Crippen molar-refractivity contribution in [2.45, 2.75) is 26.4 Å². The van der Waals surface area contributed by atoms with E-state index in [9.17, 15) is 4.79 Å². The summed E-state index contributed by atoms with van der Waals surface area (Å²) in [5, 5.41) is 1.01. The molecule has 0 spiro atoms. The van der Waals surface area contributed by atoms with Crippen LogP contribution in [0.25, 0.3) is 20.5 Å². The Kier molecular flexibility index (Phi) is 12.3. The van der Waals surface area contributed by atoms with Crippen molar-refractivity contribution >= 4 is 27.4 Å². The van der Waals surface area contributed by atoms with Crippen LogP contribution in [0.1, 0.15) is 20.8 Å². The van der Waals surface area contributed by atoms with E-state index in [-0.39, 0.29) is 12.6 Å². The first-order valence-corrected chi connectivity index (χ1v) is 15.2. The molecule has 1 heterocycles. The third-order valence-electron chi connectivity index (χ3n) is 6.13. The number of rotatable bonds is 17. The number of thiophene rings is 1. The topological polar surface area (TPSA) is 90.9 Å². The van der Waals surface area contributed by atoms with E-state index in [2.05, 4.69) is 0 Å². The highest BCUT2D eigenvalue weighted by molar-refractivity contribution is 7.22. The molecule has 0 saturated heterocycles. The summed E-state index contributed by atoms with van der Waals surface area (Å²) >= 11 is 1.65. The fourth-order valence-corrected chi connectivity index (χ4v) is 5.28.